The average molecular weight is 614 g/mol. The number of hydrogen-bond acceptors (Lipinski definition) is 3. The van der Waals surface area contributed by atoms with Crippen molar-refractivity contribution in [3.05, 3.63) is 110 Å². The number of benzene rings is 3. The molecule has 1 aliphatic rings. The van der Waals surface area contributed by atoms with Crippen LogP contribution in [0.4, 0.5) is 4.79 Å². The molecule has 2 aromatic heterocycles. The number of nitrogens with zero attached hydrogens (tertiary/aromatic N) is 2. The lowest BCUT2D eigenvalue weighted by Crippen LogP contribution is -2.43. The number of urea groups is 1. The van der Waals surface area contributed by atoms with Crippen LogP contribution in [0.2, 0.25) is 0 Å². The Kier molecular flexibility index (Phi) is 7.58. The second-order valence-corrected chi connectivity index (χ2v) is 11.6. The largest absolute Gasteiger partial charge is 0.507 e. The molecule has 6 rings (SSSR count). The first-order chi connectivity index (χ1) is 19.9. The van der Waals surface area contributed by atoms with Crippen molar-refractivity contribution in [1.29, 1.82) is 0 Å². The summed E-state index contributed by atoms with van der Waals surface area (Å²) in [6.07, 6.45) is 3.82. The van der Waals surface area contributed by atoms with Crippen LogP contribution in [0.3, 0.4) is 0 Å². The minimum absolute atomic E-state index is 0.0170. The fourth-order valence-corrected chi connectivity index (χ4v) is 6.58. The fraction of sp³-hybridized carbons (Fsp3) is 0.273. The standard InChI is InChI=1S/C33H33BrN4O3/c1-37-27-15-6-4-13-25(27)31(39)29(32(37)40)28(21-10-9-11-22(34)20-21)30-24(23-12-3-5-14-26(23)36-30)16-17-35-33(41)38-18-7-2-8-19-38/h3-6,9-15,20,28,36,39H,2,7-8,16-19H2,1H3,(H,35,41). The molecule has 210 valence electrons. The SMILES string of the molecule is Cn1c(=O)c(C(c2cccc(Br)c2)c2[nH]c3ccccc3c2CCNC(=O)N2CCCCC2)c(O)c2ccccc21. The van der Waals surface area contributed by atoms with Gasteiger partial charge >= 0.3 is 6.03 Å². The molecular formula is C33H33BrN4O3. The van der Waals surface area contributed by atoms with E-state index in [4.69, 9.17) is 0 Å². The van der Waals surface area contributed by atoms with E-state index >= 15 is 0 Å². The van der Waals surface area contributed by atoms with Gasteiger partial charge in [0, 0.05) is 53.1 Å². The number of amides is 2. The molecule has 0 bridgehead atoms. The van der Waals surface area contributed by atoms with Crippen molar-refractivity contribution >= 4 is 43.8 Å². The molecule has 3 aromatic carbocycles. The smallest absolute Gasteiger partial charge is 0.317 e. The van der Waals surface area contributed by atoms with Gasteiger partial charge in [0.15, 0.2) is 0 Å². The van der Waals surface area contributed by atoms with E-state index in [1.54, 1.807) is 11.6 Å². The number of pyridine rings is 1. The highest BCUT2D eigenvalue weighted by Gasteiger charge is 2.30. The molecule has 7 nitrogen and oxygen atoms in total. The molecule has 1 aliphatic heterocycles. The first-order valence-corrected chi connectivity index (χ1v) is 14.9. The van der Waals surface area contributed by atoms with Gasteiger partial charge in [-0.15, -0.1) is 0 Å². The minimum atomic E-state index is -0.573. The third-order valence-electron chi connectivity index (χ3n) is 8.21. The molecule has 5 aromatic rings. The van der Waals surface area contributed by atoms with E-state index in [0.29, 0.717) is 29.4 Å². The Balaban J connectivity index is 1.50. The molecule has 41 heavy (non-hydrogen) atoms. The topological polar surface area (TPSA) is 90.4 Å². The predicted molar refractivity (Wildman–Crippen MR) is 167 cm³/mol. The van der Waals surface area contributed by atoms with Crippen LogP contribution in [0.5, 0.6) is 5.75 Å². The van der Waals surface area contributed by atoms with Crippen molar-refractivity contribution in [3.8, 4) is 5.75 Å². The number of aromatic nitrogens is 2. The predicted octanol–water partition coefficient (Wildman–Crippen LogP) is 6.41. The van der Waals surface area contributed by atoms with E-state index in [-0.39, 0.29) is 17.3 Å². The zero-order valence-corrected chi connectivity index (χ0v) is 24.6. The normalized spacial score (nSPS) is 14.4. The first kappa shape index (κ1) is 27.1. The van der Waals surface area contributed by atoms with Crippen molar-refractivity contribution in [3.63, 3.8) is 0 Å². The molecule has 3 heterocycles. The number of piperidine rings is 1. The van der Waals surface area contributed by atoms with Crippen molar-refractivity contribution in [1.82, 2.24) is 19.8 Å². The van der Waals surface area contributed by atoms with Crippen molar-refractivity contribution < 1.29 is 9.90 Å². The number of aromatic amines is 1. The third kappa shape index (κ3) is 5.12. The molecule has 1 atom stereocenters. The molecule has 8 heteroatoms. The summed E-state index contributed by atoms with van der Waals surface area (Å²) in [7, 11) is 1.74. The zero-order valence-electron chi connectivity index (χ0n) is 23.0. The number of aromatic hydroxyl groups is 1. The maximum Gasteiger partial charge on any atom is 0.317 e. The summed E-state index contributed by atoms with van der Waals surface area (Å²) in [5.41, 5.74) is 4.38. The van der Waals surface area contributed by atoms with Crippen molar-refractivity contribution in [2.75, 3.05) is 19.6 Å². The Morgan fingerprint density at radius 3 is 2.51 bits per heavy atom. The summed E-state index contributed by atoms with van der Waals surface area (Å²) in [5, 5.41) is 16.4. The van der Waals surface area contributed by atoms with E-state index in [2.05, 4.69) is 32.3 Å². The van der Waals surface area contributed by atoms with Gasteiger partial charge in [-0.2, -0.15) is 0 Å². The van der Waals surface area contributed by atoms with Crippen molar-refractivity contribution in [2.24, 2.45) is 7.05 Å². The highest BCUT2D eigenvalue weighted by atomic mass is 79.9. The van der Waals surface area contributed by atoms with E-state index < -0.39 is 5.92 Å². The molecule has 3 N–H and O–H groups in total. The first-order valence-electron chi connectivity index (χ1n) is 14.1. The third-order valence-corrected chi connectivity index (χ3v) is 8.70. The highest BCUT2D eigenvalue weighted by Crippen LogP contribution is 2.41. The summed E-state index contributed by atoms with van der Waals surface area (Å²) in [4.78, 5) is 32.4. The molecule has 0 radical (unpaired) electrons. The van der Waals surface area contributed by atoms with Crippen LogP contribution in [-0.4, -0.2) is 45.2 Å². The number of hydrogen-bond donors (Lipinski definition) is 3. The van der Waals surface area contributed by atoms with Gasteiger partial charge in [0.1, 0.15) is 5.75 Å². The molecule has 1 saturated heterocycles. The number of likely N-dealkylation sites (tertiary alicyclic amines) is 1. The van der Waals surface area contributed by atoms with Gasteiger partial charge < -0.3 is 24.9 Å². The number of carbonyl (C=O) groups excluding carboxylic acids is 1. The number of para-hydroxylation sites is 2. The molecule has 1 fully saturated rings. The van der Waals surface area contributed by atoms with E-state index in [1.165, 1.54) is 6.42 Å². The summed E-state index contributed by atoms with van der Waals surface area (Å²) < 4.78 is 2.49. The second-order valence-electron chi connectivity index (χ2n) is 10.7. The average Bonchev–Trinajstić information content (AvgIpc) is 3.36. The fourth-order valence-electron chi connectivity index (χ4n) is 6.17. The number of nitrogens with one attached hydrogen (secondary N) is 2. The molecule has 0 spiro atoms. The Bertz CT molecular complexity index is 1800. The van der Waals surface area contributed by atoms with Crippen LogP contribution in [0.1, 0.15) is 47.6 Å². The monoisotopic (exact) mass is 612 g/mol. The van der Waals surface area contributed by atoms with E-state index in [1.807, 2.05) is 71.6 Å². The molecular weight excluding hydrogens is 580 g/mol. The van der Waals surface area contributed by atoms with Gasteiger partial charge in [0.25, 0.3) is 5.56 Å². The maximum absolute atomic E-state index is 14.0. The number of fused-ring (bicyclic) bond motifs is 2. The lowest BCUT2D eigenvalue weighted by molar-refractivity contribution is 0.186. The summed E-state index contributed by atoms with van der Waals surface area (Å²) in [6.45, 7) is 2.04. The van der Waals surface area contributed by atoms with Crippen LogP contribution in [0.25, 0.3) is 21.8 Å². The number of carbonyl (C=O) groups is 1. The van der Waals surface area contributed by atoms with Gasteiger partial charge in [-0.3, -0.25) is 4.79 Å². The summed E-state index contributed by atoms with van der Waals surface area (Å²) >= 11 is 3.61. The highest BCUT2D eigenvalue weighted by molar-refractivity contribution is 9.10. The van der Waals surface area contributed by atoms with Crippen LogP contribution >= 0.6 is 15.9 Å². The van der Waals surface area contributed by atoms with E-state index in [0.717, 1.165) is 58.1 Å². The number of halogens is 1. The maximum atomic E-state index is 14.0. The van der Waals surface area contributed by atoms with Crippen LogP contribution in [0.15, 0.2) is 82.1 Å². The summed E-state index contributed by atoms with van der Waals surface area (Å²) in [6, 6.07) is 23.3. The van der Waals surface area contributed by atoms with Crippen molar-refractivity contribution in [2.45, 2.75) is 31.6 Å². The van der Waals surface area contributed by atoms with Crippen LogP contribution in [-0.2, 0) is 13.5 Å². The van der Waals surface area contributed by atoms with Gasteiger partial charge in [0.05, 0.1) is 17.0 Å². The van der Waals surface area contributed by atoms with Gasteiger partial charge in [-0.05, 0) is 67.1 Å². The van der Waals surface area contributed by atoms with Crippen LogP contribution in [0, 0.1) is 0 Å². The lowest BCUT2D eigenvalue weighted by atomic mass is 9.85. The number of H-pyrrole nitrogens is 1. The van der Waals surface area contributed by atoms with Gasteiger partial charge in [-0.25, -0.2) is 4.79 Å². The minimum Gasteiger partial charge on any atom is -0.507 e. The molecule has 1 unspecified atom stereocenters. The second kappa shape index (κ2) is 11.4. The quantitative estimate of drug-likeness (QED) is 0.207. The Labute approximate surface area is 246 Å². The number of aryl methyl sites for hydroxylation is 1. The zero-order chi connectivity index (χ0) is 28.5. The summed E-state index contributed by atoms with van der Waals surface area (Å²) in [5.74, 6) is -0.590. The molecule has 0 saturated carbocycles. The van der Waals surface area contributed by atoms with Gasteiger partial charge in [-0.1, -0.05) is 58.4 Å². The Hall–Kier alpha value is -4.04. The molecule has 2 amide bonds. The van der Waals surface area contributed by atoms with E-state index in [9.17, 15) is 14.7 Å². The van der Waals surface area contributed by atoms with Gasteiger partial charge in [0.2, 0.25) is 0 Å². The Morgan fingerprint density at radius 1 is 1.00 bits per heavy atom. The Morgan fingerprint density at radius 2 is 1.73 bits per heavy atom. The molecule has 0 aliphatic carbocycles. The lowest BCUT2D eigenvalue weighted by Gasteiger charge is -2.27. The number of rotatable bonds is 6. The van der Waals surface area contributed by atoms with Crippen LogP contribution < -0.4 is 10.9 Å².